The number of ketones is 1. The zero-order valence-electron chi connectivity index (χ0n) is 9.71. The SMILES string of the molecule is C=C(C)N(C)C[C@@H]1C[C@@H]1C(C)C(C)=O. The molecule has 1 aliphatic carbocycles. The summed E-state index contributed by atoms with van der Waals surface area (Å²) in [6.07, 6.45) is 1.21. The van der Waals surface area contributed by atoms with E-state index in [-0.39, 0.29) is 5.92 Å². The molecule has 0 aromatic rings. The van der Waals surface area contributed by atoms with Crippen LogP contribution in [0.15, 0.2) is 12.3 Å². The Balaban J connectivity index is 2.33. The van der Waals surface area contributed by atoms with Gasteiger partial charge in [-0.25, -0.2) is 0 Å². The lowest BCUT2D eigenvalue weighted by Gasteiger charge is -2.19. The van der Waals surface area contributed by atoms with Crippen LogP contribution in [0.4, 0.5) is 0 Å². The predicted octanol–water partition coefficient (Wildman–Crippen LogP) is 2.31. The van der Waals surface area contributed by atoms with Gasteiger partial charge < -0.3 is 4.90 Å². The van der Waals surface area contributed by atoms with Gasteiger partial charge in [0.15, 0.2) is 0 Å². The number of Topliss-reactive ketones (excluding diaryl/α,β-unsaturated/α-hetero) is 1. The molecule has 2 heteroatoms. The lowest BCUT2D eigenvalue weighted by Crippen LogP contribution is -2.20. The summed E-state index contributed by atoms with van der Waals surface area (Å²) in [5.41, 5.74) is 1.10. The summed E-state index contributed by atoms with van der Waals surface area (Å²) in [5.74, 6) is 1.90. The Labute approximate surface area is 87.0 Å². The van der Waals surface area contributed by atoms with Gasteiger partial charge in [-0.1, -0.05) is 13.5 Å². The van der Waals surface area contributed by atoms with Crippen molar-refractivity contribution < 1.29 is 4.79 Å². The van der Waals surface area contributed by atoms with Crippen LogP contribution in [0.2, 0.25) is 0 Å². The van der Waals surface area contributed by atoms with Crippen LogP contribution < -0.4 is 0 Å². The fraction of sp³-hybridized carbons (Fsp3) is 0.750. The minimum atomic E-state index is 0.249. The molecule has 2 nitrogen and oxygen atoms in total. The second-order valence-corrected chi connectivity index (χ2v) is 4.67. The van der Waals surface area contributed by atoms with Crippen LogP contribution in [0.25, 0.3) is 0 Å². The fourth-order valence-corrected chi connectivity index (χ4v) is 1.90. The fourth-order valence-electron chi connectivity index (χ4n) is 1.90. The molecule has 0 amide bonds. The van der Waals surface area contributed by atoms with Crippen LogP contribution in [0.1, 0.15) is 27.2 Å². The van der Waals surface area contributed by atoms with Crippen molar-refractivity contribution in [3.63, 3.8) is 0 Å². The number of hydrogen-bond donors (Lipinski definition) is 0. The first-order chi connectivity index (χ1) is 6.43. The van der Waals surface area contributed by atoms with Crippen molar-refractivity contribution in [2.75, 3.05) is 13.6 Å². The van der Waals surface area contributed by atoms with Crippen molar-refractivity contribution >= 4 is 5.78 Å². The molecular formula is C12H21NO. The van der Waals surface area contributed by atoms with Crippen molar-refractivity contribution in [1.29, 1.82) is 0 Å². The summed E-state index contributed by atoms with van der Waals surface area (Å²) in [5, 5.41) is 0. The smallest absolute Gasteiger partial charge is 0.132 e. The molecule has 80 valence electrons. The summed E-state index contributed by atoms with van der Waals surface area (Å²) in [4.78, 5) is 13.3. The van der Waals surface area contributed by atoms with Crippen LogP contribution in [0, 0.1) is 17.8 Å². The molecule has 0 bridgehead atoms. The summed E-state index contributed by atoms with van der Waals surface area (Å²) in [6.45, 7) is 10.7. The zero-order chi connectivity index (χ0) is 10.9. The number of carbonyl (C=O) groups excluding carboxylic acids is 1. The van der Waals surface area contributed by atoms with Gasteiger partial charge in [0.25, 0.3) is 0 Å². The molecule has 1 fully saturated rings. The second-order valence-electron chi connectivity index (χ2n) is 4.67. The monoisotopic (exact) mass is 195 g/mol. The Morgan fingerprint density at radius 3 is 2.57 bits per heavy atom. The first-order valence-corrected chi connectivity index (χ1v) is 5.30. The lowest BCUT2D eigenvalue weighted by atomic mass is 10.0. The van der Waals surface area contributed by atoms with E-state index >= 15 is 0 Å². The third kappa shape index (κ3) is 2.60. The maximum absolute atomic E-state index is 11.2. The van der Waals surface area contributed by atoms with E-state index in [0.717, 1.165) is 12.2 Å². The van der Waals surface area contributed by atoms with Crippen LogP contribution in [0.3, 0.4) is 0 Å². The van der Waals surface area contributed by atoms with E-state index in [4.69, 9.17) is 0 Å². The van der Waals surface area contributed by atoms with Gasteiger partial charge in [0, 0.05) is 25.2 Å². The third-order valence-corrected chi connectivity index (χ3v) is 3.42. The summed E-state index contributed by atoms with van der Waals surface area (Å²) in [7, 11) is 2.07. The largest absolute Gasteiger partial charge is 0.378 e. The first-order valence-electron chi connectivity index (χ1n) is 5.30. The van der Waals surface area contributed by atoms with Crippen LogP contribution in [-0.4, -0.2) is 24.3 Å². The Bertz CT molecular complexity index is 247. The van der Waals surface area contributed by atoms with Gasteiger partial charge >= 0.3 is 0 Å². The molecule has 1 rings (SSSR count). The summed E-state index contributed by atoms with van der Waals surface area (Å²) < 4.78 is 0. The van der Waals surface area contributed by atoms with Gasteiger partial charge in [-0.2, -0.15) is 0 Å². The lowest BCUT2D eigenvalue weighted by molar-refractivity contribution is -0.120. The zero-order valence-corrected chi connectivity index (χ0v) is 9.71. The minimum Gasteiger partial charge on any atom is -0.378 e. The second kappa shape index (κ2) is 4.16. The van der Waals surface area contributed by atoms with Gasteiger partial charge in [-0.3, -0.25) is 4.79 Å². The summed E-state index contributed by atoms with van der Waals surface area (Å²) >= 11 is 0. The van der Waals surface area contributed by atoms with E-state index in [2.05, 4.69) is 18.5 Å². The highest BCUT2D eigenvalue weighted by Gasteiger charge is 2.42. The Hall–Kier alpha value is -0.790. The average Bonchev–Trinajstić information content (AvgIpc) is 2.82. The molecule has 1 aliphatic rings. The Morgan fingerprint density at radius 1 is 1.57 bits per heavy atom. The van der Waals surface area contributed by atoms with E-state index in [0.29, 0.717) is 17.6 Å². The molecule has 0 aromatic heterocycles. The molecular weight excluding hydrogens is 174 g/mol. The van der Waals surface area contributed by atoms with Gasteiger partial charge in [0.1, 0.15) is 5.78 Å². The Kier molecular flexibility index (Phi) is 3.35. The van der Waals surface area contributed by atoms with Gasteiger partial charge in [-0.15, -0.1) is 0 Å². The molecule has 0 spiro atoms. The van der Waals surface area contributed by atoms with Crippen LogP contribution >= 0.6 is 0 Å². The molecule has 0 radical (unpaired) electrons. The Morgan fingerprint density at radius 2 is 2.14 bits per heavy atom. The predicted molar refractivity (Wildman–Crippen MR) is 58.9 cm³/mol. The van der Waals surface area contributed by atoms with Gasteiger partial charge in [0.05, 0.1) is 0 Å². The van der Waals surface area contributed by atoms with Crippen molar-refractivity contribution in [3.05, 3.63) is 12.3 Å². The number of carbonyl (C=O) groups is 1. The van der Waals surface area contributed by atoms with Crippen molar-refractivity contribution in [3.8, 4) is 0 Å². The minimum absolute atomic E-state index is 0.249. The highest BCUT2D eigenvalue weighted by atomic mass is 16.1. The maximum atomic E-state index is 11.2. The standard InChI is InChI=1S/C12H21NO/c1-8(2)13(5)7-11-6-12(11)9(3)10(4)14/h9,11-12H,1,6-7H2,2-5H3/t9?,11-,12+/m0/s1. The average molecular weight is 195 g/mol. The first kappa shape index (κ1) is 11.3. The third-order valence-electron chi connectivity index (χ3n) is 3.42. The topological polar surface area (TPSA) is 20.3 Å². The number of nitrogens with zero attached hydrogens (tertiary/aromatic N) is 1. The van der Waals surface area contributed by atoms with E-state index in [1.807, 2.05) is 13.8 Å². The van der Waals surface area contributed by atoms with Crippen LogP contribution in [0.5, 0.6) is 0 Å². The quantitative estimate of drug-likeness (QED) is 0.671. The van der Waals surface area contributed by atoms with Crippen molar-refractivity contribution in [2.45, 2.75) is 27.2 Å². The summed E-state index contributed by atoms with van der Waals surface area (Å²) in [6, 6.07) is 0. The number of allylic oxidation sites excluding steroid dienone is 1. The van der Waals surface area contributed by atoms with E-state index in [1.54, 1.807) is 6.92 Å². The number of hydrogen-bond acceptors (Lipinski definition) is 2. The molecule has 3 atom stereocenters. The highest BCUT2D eigenvalue weighted by Crippen LogP contribution is 2.45. The molecule has 0 N–H and O–H groups in total. The van der Waals surface area contributed by atoms with E-state index in [1.165, 1.54) is 6.42 Å². The molecule has 0 heterocycles. The van der Waals surface area contributed by atoms with E-state index in [9.17, 15) is 4.79 Å². The molecule has 0 saturated heterocycles. The molecule has 1 unspecified atom stereocenters. The maximum Gasteiger partial charge on any atom is 0.132 e. The molecule has 0 aliphatic heterocycles. The van der Waals surface area contributed by atoms with Gasteiger partial charge in [-0.05, 0) is 32.1 Å². The molecule has 0 aromatic carbocycles. The van der Waals surface area contributed by atoms with Crippen molar-refractivity contribution in [1.82, 2.24) is 4.90 Å². The number of rotatable bonds is 5. The van der Waals surface area contributed by atoms with Crippen molar-refractivity contribution in [2.24, 2.45) is 17.8 Å². The molecule has 1 saturated carbocycles. The highest BCUT2D eigenvalue weighted by molar-refractivity contribution is 5.78. The van der Waals surface area contributed by atoms with E-state index < -0.39 is 0 Å². The van der Waals surface area contributed by atoms with Crippen LogP contribution in [-0.2, 0) is 4.79 Å². The van der Waals surface area contributed by atoms with Gasteiger partial charge in [0.2, 0.25) is 0 Å². The normalized spacial score (nSPS) is 26.9. The molecule has 14 heavy (non-hydrogen) atoms.